The molecule has 1 saturated carbocycles. The monoisotopic (exact) mass is 368 g/mol. The normalized spacial score (nSPS) is 13.7. The molecule has 2 aromatic rings. The number of benzene rings is 1. The molecule has 1 aliphatic rings. The van der Waals surface area contributed by atoms with Crippen molar-refractivity contribution in [1.82, 2.24) is 0 Å². The van der Waals surface area contributed by atoms with Gasteiger partial charge in [-0.2, -0.15) is 0 Å². The third kappa shape index (κ3) is 3.86. The zero-order valence-corrected chi connectivity index (χ0v) is 14.6. The van der Waals surface area contributed by atoms with E-state index in [4.69, 9.17) is 23.2 Å². The largest absolute Gasteiger partial charge is 0.321 e. The first-order chi connectivity index (χ1) is 10.9. The highest BCUT2D eigenvalue weighted by molar-refractivity contribution is 7.18. The lowest BCUT2D eigenvalue weighted by Crippen LogP contribution is -2.12. The van der Waals surface area contributed by atoms with Gasteiger partial charge in [-0.1, -0.05) is 23.2 Å². The Bertz CT molecular complexity index is 784. The summed E-state index contributed by atoms with van der Waals surface area (Å²) < 4.78 is 0. The maximum Gasteiger partial charge on any atom is 0.266 e. The van der Waals surface area contributed by atoms with Crippen LogP contribution in [0.25, 0.3) is 0 Å². The highest BCUT2D eigenvalue weighted by Gasteiger charge is 2.30. The average Bonchev–Trinajstić information content (AvgIpc) is 3.27. The summed E-state index contributed by atoms with van der Waals surface area (Å²) in [4.78, 5) is 24.7. The predicted octanol–water partition coefficient (Wildman–Crippen LogP) is 4.96. The summed E-state index contributed by atoms with van der Waals surface area (Å²) in [5, 5.41) is 7.15. The predicted molar refractivity (Wildman–Crippen MR) is 94.8 cm³/mol. The first-order valence-corrected chi connectivity index (χ1v) is 8.69. The van der Waals surface area contributed by atoms with Crippen LogP contribution in [0.3, 0.4) is 0 Å². The second-order valence-corrected chi connectivity index (χ2v) is 7.34. The molecule has 0 aliphatic heterocycles. The Labute approximate surface area is 147 Å². The van der Waals surface area contributed by atoms with Crippen molar-refractivity contribution in [2.24, 2.45) is 5.92 Å². The van der Waals surface area contributed by atoms with Crippen molar-refractivity contribution >= 4 is 57.0 Å². The van der Waals surface area contributed by atoms with Crippen LogP contribution in [0.15, 0.2) is 24.3 Å². The number of thiophene rings is 1. The summed E-state index contributed by atoms with van der Waals surface area (Å²) in [6.07, 6.45) is 1.89. The van der Waals surface area contributed by atoms with Crippen molar-refractivity contribution in [3.8, 4) is 0 Å². The van der Waals surface area contributed by atoms with Gasteiger partial charge in [-0.05, 0) is 49.6 Å². The standard InChI is InChI=1S/C16H14Cl2N2O2S/c1-8-6-13(20-15(21)9-2-3-9)23-14(8)16(22)19-10-4-5-11(17)12(18)7-10/h4-7,9H,2-3H2,1H3,(H,19,22)(H,20,21). The lowest BCUT2D eigenvalue weighted by Gasteiger charge is -2.05. The van der Waals surface area contributed by atoms with Gasteiger partial charge in [0.05, 0.1) is 19.9 Å². The Balaban J connectivity index is 1.72. The molecule has 1 aliphatic carbocycles. The summed E-state index contributed by atoms with van der Waals surface area (Å²) in [6.45, 7) is 1.84. The van der Waals surface area contributed by atoms with E-state index in [0.29, 0.717) is 25.6 Å². The van der Waals surface area contributed by atoms with Crippen molar-refractivity contribution in [2.45, 2.75) is 19.8 Å². The van der Waals surface area contributed by atoms with Gasteiger partial charge < -0.3 is 10.6 Å². The Morgan fingerprint density at radius 3 is 2.52 bits per heavy atom. The molecule has 0 atom stereocenters. The molecule has 2 amide bonds. The third-order valence-corrected chi connectivity index (χ3v) is 5.39. The Morgan fingerprint density at radius 2 is 1.87 bits per heavy atom. The number of amides is 2. The summed E-state index contributed by atoms with van der Waals surface area (Å²) >= 11 is 13.1. The molecule has 7 heteroatoms. The van der Waals surface area contributed by atoms with Crippen molar-refractivity contribution < 1.29 is 9.59 Å². The van der Waals surface area contributed by atoms with Gasteiger partial charge in [-0.25, -0.2) is 0 Å². The number of halogens is 2. The zero-order valence-electron chi connectivity index (χ0n) is 12.3. The molecular weight excluding hydrogens is 355 g/mol. The molecule has 0 saturated heterocycles. The fourth-order valence-electron chi connectivity index (χ4n) is 2.10. The van der Waals surface area contributed by atoms with Crippen LogP contribution in [-0.2, 0) is 4.79 Å². The number of hydrogen-bond acceptors (Lipinski definition) is 3. The smallest absolute Gasteiger partial charge is 0.266 e. The van der Waals surface area contributed by atoms with Crippen LogP contribution in [0.1, 0.15) is 28.1 Å². The van der Waals surface area contributed by atoms with Gasteiger partial charge in [-0.3, -0.25) is 9.59 Å². The van der Waals surface area contributed by atoms with Gasteiger partial charge in [0.15, 0.2) is 0 Å². The topological polar surface area (TPSA) is 58.2 Å². The molecule has 2 N–H and O–H groups in total. The van der Waals surface area contributed by atoms with E-state index in [9.17, 15) is 9.59 Å². The van der Waals surface area contributed by atoms with Gasteiger partial charge in [-0.15, -0.1) is 11.3 Å². The van der Waals surface area contributed by atoms with Crippen molar-refractivity contribution in [3.63, 3.8) is 0 Å². The SMILES string of the molecule is Cc1cc(NC(=O)C2CC2)sc1C(=O)Nc1ccc(Cl)c(Cl)c1. The molecule has 4 nitrogen and oxygen atoms in total. The molecule has 1 aromatic carbocycles. The molecule has 23 heavy (non-hydrogen) atoms. The number of rotatable bonds is 4. The Hall–Kier alpha value is -1.56. The lowest BCUT2D eigenvalue weighted by atomic mass is 10.2. The first-order valence-electron chi connectivity index (χ1n) is 7.12. The van der Waals surface area contributed by atoms with Crippen LogP contribution in [0.2, 0.25) is 10.0 Å². The highest BCUT2D eigenvalue weighted by atomic mass is 35.5. The molecule has 0 bridgehead atoms. The fourth-order valence-corrected chi connectivity index (χ4v) is 3.37. The van der Waals surface area contributed by atoms with E-state index < -0.39 is 0 Å². The van der Waals surface area contributed by atoms with Gasteiger partial charge in [0.1, 0.15) is 0 Å². The number of aryl methyl sites for hydroxylation is 1. The van der Waals surface area contributed by atoms with Gasteiger partial charge >= 0.3 is 0 Å². The molecule has 0 spiro atoms. The number of nitrogens with one attached hydrogen (secondary N) is 2. The van der Waals surface area contributed by atoms with E-state index in [2.05, 4.69) is 10.6 Å². The summed E-state index contributed by atoms with van der Waals surface area (Å²) in [6, 6.07) is 6.72. The fraction of sp³-hybridized carbons (Fsp3) is 0.250. The quantitative estimate of drug-likeness (QED) is 0.800. The number of anilines is 2. The van der Waals surface area contributed by atoms with Gasteiger partial charge in [0, 0.05) is 11.6 Å². The minimum atomic E-state index is -0.238. The Kier molecular flexibility index (Phi) is 4.62. The highest BCUT2D eigenvalue weighted by Crippen LogP contribution is 2.33. The van der Waals surface area contributed by atoms with E-state index in [1.807, 2.05) is 13.0 Å². The minimum Gasteiger partial charge on any atom is -0.321 e. The maximum atomic E-state index is 12.4. The van der Waals surface area contributed by atoms with Crippen LogP contribution in [0, 0.1) is 12.8 Å². The summed E-state index contributed by atoms with van der Waals surface area (Å²) in [5.41, 5.74) is 1.39. The van der Waals surface area contributed by atoms with Crippen molar-refractivity contribution in [3.05, 3.63) is 44.8 Å². The van der Waals surface area contributed by atoms with E-state index in [1.165, 1.54) is 11.3 Å². The zero-order chi connectivity index (χ0) is 16.6. The number of carbonyl (C=O) groups is 2. The molecule has 1 aromatic heterocycles. The third-order valence-electron chi connectivity index (χ3n) is 3.50. The lowest BCUT2D eigenvalue weighted by molar-refractivity contribution is -0.117. The first kappa shape index (κ1) is 16.3. The molecule has 0 unspecified atom stereocenters. The number of hydrogen-bond donors (Lipinski definition) is 2. The maximum absolute atomic E-state index is 12.4. The van der Waals surface area contributed by atoms with Crippen LogP contribution < -0.4 is 10.6 Å². The molecule has 0 radical (unpaired) electrons. The molecule has 1 fully saturated rings. The van der Waals surface area contributed by atoms with E-state index in [-0.39, 0.29) is 17.7 Å². The van der Waals surface area contributed by atoms with Crippen molar-refractivity contribution in [2.75, 3.05) is 10.6 Å². The van der Waals surface area contributed by atoms with Gasteiger partial charge in [0.2, 0.25) is 5.91 Å². The summed E-state index contributed by atoms with van der Waals surface area (Å²) in [5.74, 6) is -0.0774. The molecule has 120 valence electrons. The number of carbonyl (C=O) groups excluding carboxylic acids is 2. The summed E-state index contributed by atoms with van der Waals surface area (Å²) in [7, 11) is 0. The molecule has 3 rings (SSSR count). The molecule has 1 heterocycles. The molecular formula is C16H14Cl2N2O2S. The average molecular weight is 369 g/mol. The van der Waals surface area contributed by atoms with Crippen LogP contribution in [-0.4, -0.2) is 11.8 Å². The second-order valence-electron chi connectivity index (χ2n) is 5.47. The van der Waals surface area contributed by atoms with Crippen LogP contribution >= 0.6 is 34.5 Å². The second kappa shape index (κ2) is 6.51. The van der Waals surface area contributed by atoms with E-state index >= 15 is 0 Å². The van der Waals surface area contributed by atoms with E-state index in [0.717, 1.165) is 18.4 Å². The van der Waals surface area contributed by atoms with Crippen LogP contribution in [0.5, 0.6) is 0 Å². The van der Waals surface area contributed by atoms with Crippen LogP contribution in [0.4, 0.5) is 10.7 Å². The Morgan fingerprint density at radius 1 is 1.13 bits per heavy atom. The van der Waals surface area contributed by atoms with E-state index in [1.54, 1.807) is 18.2 Å². The van der Waals surface area contributed by atoms with Gasteiger partial charge in [0.25, 0.3) is 5.91 Å². The minimum absolute atomic E-state index is 0.0303. The van der Waals surface area contributed by atoms with Crippen molar-refractivity contribution in [1.29, 1.82) is 0 Å².